The highest BCUT2D eigenvalue weighted by Crippen LogP contribution is 2.62. The monoisotopic (exact) mass is 913 g/mol. The summed E-state index contributed by atoms with van der Waals surface area (Å²) in [6.45, 7) is 19.1. The van der Waals surface area contributed by atoms with Crippen molar-refractivity contribution in [1.82, 2.24) is 0 Å². The average molecular weight is 914 g/mol. The minimum absolute atomic E-state index is 0.0182. The third kappa shape index (κ3) is 5.53. The zero-order valence-electron chi connectivity index (χ0n) is 40.9. The lowest BCUT2D eigenvalue weighted by atomic mass is 9.33. The zero-order valence-corrected chi connectivity index (χ0v) is 41.7. The molecule has 1 aliphatic carbocycles. The lowest BCUT2D eigenvalue weighted by molar-refractivity contribution is 0.194. The van der Waals surface area contributed by atoms with Gasteiger partial charge in [0.2, 0.25) is 0 Å². The summed E-state index contributed by atoms with van der Waals surface area (Å²) < 4.78 is 9.63. The third-order valence-corrected chi connectivity index (χ3v) is 18.2. The van der Waals surface area contributed by atoms with E-state index >= 15 is 0 Å². The van der Waals surface area contributed by atoms with E-state index in [0.29, 0.717) is 0 Å². The zero-order chi connectivity index (χ0) is 46.9. The Morgan fingerprint density at radius 3 is 2.01 bits per heavy atom. The third-order valence-electron chi connectivity index (χ3n) is 17.1. The number of benzene rings is 8. The number of hydrogen-bond acceptors (Lipinski definition) is 5. The molecule has 5 heterocycles. The minimum atomic E-state index is -0.0889. The molecular weight excluding hydrogens is 858 g/mol. The Labute approximate surface area is 409 Å². The van der Waals surface area contributed by atoms with Gasteiger partial charge in [0.1, 0.15) is 5.58 Å². The van der Waals surface area contributed by atoms with Gasteiger partial charge in [-0.25, -0.2) is 0 Å². The lowest BCUT2D eigenvalue weighted by Gasteiger charge is -2.51. The highest BCUT2D eigenvalue weighted by molar-refractivity contribution is 7.26. The van der Waals surface area contributed by atoms with Gasteiger partial charge in [0.25, 0.3) is 6.71 Å². The molecule has 4 nitrogen and oxygen atoms in total. The van der Waals surface area contributed by atoms with Crippen LogP contribution in [0.2, 0.25) is 0 Å². The summed E-state index contributed by atoms with van der Waals surface area (Å²) in [7, 11) is 0. The van der Waals surface area contributed by atoms with Crippen LogP contribution in [0.5, 0.6) is 0 Å². The van der Waals surface area contributed by atoms with Crippen molar-refractivity contribution in [1.29, 1.82) is 0 Å². The summed E-state index contributed by atoms with van der Waals surface area (Å²) in [5, 5.41) is 4.88. The first kappa shape index (κ1) is 41.2. The molecule has 8 aromatic carbocycles. The SMILES string of the molecule is Cc1cc2c3c(c1)N(c1cccc4sc5ccccc5c14)c1cc(C(C)(C)C)ccc1B3c1ccc(N3c4cc(C)cc(C)c4C4(C)CCCCC34C)cc1N2c1cccc2c1oc1ccccc12. The molecule has 2 aromatic heterocycles. The maximum Gasteiger partial charge on any atom is 0.252 e. The standard InChI is InChI=1S/C63H56BN3OS/c1-37-31-39(3)58-51(32-37)67(63(8)30-14-13-29-62(58,63)7)41-26-28-46-50(36-41)66(48-21-15-19-43-42-17-9-11-22-54(42)68-60(43)48)53-34-38(2)33-52-59(53)64(46)45-27-25-40(61(4,5)6)35-49(45)65(52)47-20-16-24-56-57(47)44-18-10-12-23-55(44)69-56/h9-12,15-28,31-36H,13-14,29-30H2,1-8H3. The molecule has 2 unspecified atom stereocenters. The van der Waals surface area contributed by atoms with Crippen LogP contribution < -0.4 is 31.1 Å². The highest BCUT2D eigenvalue weighted by Gasteiger charge is 2.58. The Hall–Kier alpha value is -6.76. The van der Waals surface area contributed by atoms with E-state index in [0.717, 1.165) is 34.0 Å². The van der Waals surface area contributed by atoms with Gasteiger partial charge in [-0.3, -0.25) is 0 Å². The number of anilines is 8. The molecule has 10 aromatic rings. The van der Waals surface area contributed by atoms with Gasteiger partial charge in [-0.05, 0) is 157 Å². The fourth-order valence-corrected chi connectivity index (χ4v) is 15.0. The molecule has 2 atom stereocenters. The summed E-state index contributed by atoms with van der Waals surface area (Å²) in [5.41, 5.74) is 22.3. The van der Waals surface area contributed by atoms with Crippen molar-refractivity contribution in [2.24, 2.45) is 0 Å². The molecule has 0 radical (unpaired) electrons. The van der Waals surface area contributed by atoms with E-state index in [-0.39, 0.29) is 23.1 Å². The molecule has 4 aliphatic rings. The number of aryl methyl sites for hydroxylation is 3. The maximum atomic E-state index is 7.01. The molecule has 0 amide bonds. The first-order valence-electron chi connectivity index (χ1n) is 25.1. The lowest BCUT2D eigenvalue weighted by Crippen LogP contribution is -2.61. The second-order valence-electron chi connectivity index (χ2n) is 22.2. The Bertz CT molecular complexity index is 3850. The van der Waals surface area contributed by atoms with E-state index in [2.05, 4.69) is 216 Å². The minimum Gasteiger partial charge on any atom is -0.454 e. The van der Waals surface area contributed by atoms with Crippen LogP contribution in [-0.2, 0) is 10.8 Å². The Morgan fingerprint density at radius 2 is 1.20 bits per heavy atom. The van der Waals surface area contributed by atoms with E-state index in [1.165, 1.54) is 123 Å². The van der Waals surface area contributed by atoms with Crippen molar-refractivity contribution in [2.75, 3.05) is 14.7 Å². The van der Waals surface area contributed by atoms with Gasteiger partial charge in [0, 0.05) is 70.5 Å². The molecule has 69 heavy (non-hydrogen) atoms. The van der Waals surface area contributed by atoms with Gasteiger partial charge in [-0.15, -0.1) is 11.3 Å². The number of para-hydroxylation sites is 2. The predicted molar refractivity (Wildman–Crippen MR) is 296 cm³/mol. The number of furan rings is 1. The van der Waals surface area contributed by atoms with Crippen molar-refractivity contribution >= 4 is 122 Å². The van der Waals surface area contributed by atoms with Gasteiger partial charge >= 0.3 is 0 Å². The molecule has 1 saturated carbocycles. The van der Waals surface area contributed by atoms with Gasteiger partial charge < -0.3 is 19.1 Å². The Kier molecular flexibility index (Phi) is 8.47. The topological polar surface area (TPSA) is 22.9 Å². The van der Waals surface area contributed by atoms with Gasteiger partial charge in [-0.2, -0.15) is 0 Å². The molecule has 338 valence electrons. The molecule has 14 rings (SSSR count). The van der Waals surface area contributed by atoms with E-state index in [1.807, 2.05) is 11.3 Å². The quantitative estimate of drug-likeness (QED) is 0.165. The number of fused-ring (bicyclic) bond motifs is 13. The number of rotatable bonds is 3. The van der Waals surface area contributed by atoms with Crippen LogP contribution in [0.4, 0.5) is 45.5 Å². The maximum absolute atomic E-state index is 7.01. The van der Waals surface area contributed by atoms with Crippen LogP contribution in [-0.4, -0.2) is 12.3 Å². The van der Waals surface area contributed by atoms with Gasteiger partial charge in [-0.1, -0.05) is 119 Å². The van der Waals surface area contributed by atoms with Crippen LogP contribution in [0.15, 0.2) is 150 Å². The van der Waals surface area contributed by atoms with Crippen LogP contribution in [0.1, 0.15) is 88.1 Å². The van der Waals surface area contributed by atoms with E-state index in [9.17, 15) is 0 Å². The normalized spacial score (nSPS) is 19.4. The first-order valence-corrected chi connectivity index (χ1v) is 25.9. The highest BCUT2D eigenvalue weighted by atomic mass is 32.1. The number of hydrogen-bond donors (Lipinski definition) is 0. The Morgan fingerprint density at radius 1 is 0.565 bits per heavy atom. The van der Waals surface area contributed by atoms with Crippen LogP contribution in [0.3, 0.4) is 0 Å². The summed E-state index contributed by atoms with van der Waals surface area (Å²) >= 11 is 1.89. The summed E-state index contributed by atoms with van der Waals surface area (Å²) in [6.07, 6.45) is 4.83. The van der Waals surface area contributed by atoms with Gasteiger partial charge in [0.15, 0.2) is 5.58 Å². The van der Waals surface area contributed by atoms with Gasteiger partial charge in [0.05, 0.1) is 16.9 Å². The van der Waals surface area contributed by atoms with Crippen molar-refractivity contribution in [3.05, 3.63) is 173 Å². The number of nitrogens with zero attached hydrogens (tertiary/aromatic N) is 3. The Balaban J connectivity index is 1.09. The van der Waals surface area contributed by atoms with Crippen LogP contribution in [0.25, 0.3) is 42.1 Å². The van der Waals surface area contributed by atoms with E-state index in [4.69, 9.17) is 4.42 Å². The molecule has 3 aliphatic heterocycles. The molecule has 1 fully saturated rings. The largest absolute Gasteiger partial charge is 0.454 e. The van der Waals surface area contributed by atoms with Crippen molar-refractivity contribution in [3.63, 3.8) is 0 Å². The summed E-state index contributed by atoms with van der Waals surface area (Å²) in [4.78, 5) is 7.99. The second-order valence-corrected chi connectivity index (χ2v) is 23.3. The second kappa shape index (κ2) is 14.2. The molecule has 0 spiro atoms. The molecule has 6 heteroatoms. The average Bonchev–Trinajstić information content (AvgIpc) is 3.97. The predicted octanol–water partition coefficient (Wildman–Crippen LogP) is 16.0. The van der Waals surface area contributed by atoms with E-state index in [1.54, 1.807) is 0 Å². The molecular formula is C63H56BN3OS. The molecule has 0 bridgehead atoms. The summed E-state index contributed by atoms with van der Waals surface area (Å²) in [5.74, 6) is 0. The fourth-order valence-electron chi connectivity index (χ4n) is 13.9. The van der Waals surface area contributed by atoms with Crippen molar-refractivity contribution in [3.8, 4) is 0 Å². The van der Waals surface area contributed by atoms with Crippen LogP contribution in [0, 0.1) is 20.8 Å². The smallest absolute Gasteiger partial charge is 0.252 e. The number of thiophene rings is 1. The van der Waals surface area contributed by atoms with Crippen LogP contribution >= 0.6 is 11.3 Å². The van der Waals surface area contributed by atoms with Crippen molar-refractivity contribution in [2.45, 2.75) is 97.4 Å². The summed E-state index contributed by atoms with van der Waals surface area (Å²) in [6, 6.07) is 55.8. The van der Waals surface area contributed by atoms with Crippen molar-refractivity contribution < 1.29 is 4.42 Å². The van der Waals surface area contributed by atoms with E-state index < -0.39 is 0 Å². The molecule has 0 saturated heterocycles. The fraction of sp³-hybridized carbons (Fsp3) is 0.238. The molecule has 0 N–H and O–H groups in total. The first-order chi connectivity index (χ1) is 33.3.